The van der Waals surface area contributed by atoms with Crippen LogP contribution in [0.5, 0.6) is 0 Å². The molecule has 0 spiro atoms. The van der Waals surface area contributed by atoms with Gasteiger partial charge in [0.25, 0.3) is 0 Å². The van der Waals surface area contributed by atoms with Gasteiger partial charge in [0.1, 0.15) is 5.84 Å². The molecule has 0 atom stereocenters. The number of rotatable bonds is 0. The topological polar surface area (TPSA) is 22.1 Å². The molecule has 1 fully saturated rings. The van der Waals surface area contributed by atoms with Gasteiger partial charge in [0.15, 0.2) is 0 Å². The highest BCUT2D eigenvalue weighted by molar-refractivity contribution is 7.08. The molecule has 1 aromatic carbocycles. The van der Waals surface area contributed by atoms with Crippen molar-refractivity contribution in [2.75, 3.05) is 45.2 Å². The van der Waals surface area contributed by atoms with Gasteiger partial charge < -0.3 is 14.7 Å². The van der Waals surface area contributed by atoms with E-state index in [0.29, 0.717) is 0 Å². The highest BCUT2D eigenvalue weighted by Gasteiger charge is 2.26. The zero-order valence-corrected chi connectivity index (χ0v) is 14.9. The number of nitrogens with zero attached hydrogens (tertiary/aromatic N) is 4. The summed E-state index contributed by atoms with van der Waals surface area (Å²) in [5, 5.41) is 5.13. The van der Waals surface area contributed by atoms with Crippen LogP contribution < -0.4 is 4.90 Å². The number of aliphatic imine (C=N–C) groups is 1. The molecule has 2 aliphatic heterocycles. The quantitative estimate of drug-likeness (QED) is 0.724. The maximum Gasteiger partial charge on any atom is 0.139 e. The molecular formula is C17H19ClN4S. The van der Waals surface area contributed by atoms with Crippen LogP contribution in [0.15, 0.2) is 34.0 Å². The van der Waals surface area contributed by atoms with Crippen molar-refractivity contribution in [3.63, 3.8) is 0 Å². The van der Waals surface area contributed by atoms with E-state index in [1.54, 1.807) is 11.3 Å². The smallest absolute Gasteiger partial charge is 0.139 e. The molecule has 1 saturated heterocycles. The predicted octanol–water partition coefficient (Wildman–Crippen LogP) is 3.81. The fourth-order valence-corrected chi connectivity index (χ4v) is 4.16. The lowest BCUT2D eigenvalue weighted by Crippen LogP contribution is -2.47. The van der Waals surface area contributed by atoms with Gasteiger partial charge in [-0.3, -0.25) is 0 Å². The van der Waals surface area contributed by atoms with Gasteiger partial charge in [0, 0.05) is 49.0 Å². The molecule has 4 rings (SSSR count). The van der Waals surface area contributed by atoms with Gasteiger partial charge in [-0.2, -0.15) is 0 Å². The summed E-state index contributed by atoms with van der Waals surface area (Å²) in [5.41, 5.74) is 4.47. The summed E-state index contributed by atoms with van der Waals surface area (Å²) in [7, 11) is 4.27. The van der Waals surface area contributed by atoms with Gasteiger partial charge >= 0.3 is 0 Å². The highest BCUT2D eigenvalue weighted by Crippen LogP contribution is 2.41. The third-order valence-corrected chi connectivity index (χ3v) is 5.54. The minimum Gasteiger partial charge on any atom is -0.353 e. The van der Waals surface area contributed by atoms with E-state index in [1.807, 2.05) is 12.1 Å². The standard InChI is InChI=1S/C17H19ClN4S/c1-20-5-7-22(8-6-20)17-13-10-23-11-16(13)21(2)15-4-3-12(18)9-14(15)19-17/h3-4,9-11H,5-8H2,1-2H3. The van der Waals surface area contributed by atoms with Crippen LogP contribution in [-0.4, -0.2) is 55.9 Å². The average Bonchev–Trinajstić information content (AvgIpc) is 2.98. The molecule has 0 radical (unpaired) electrons. The van der Waals surface area contributed by atoms with E-state index < -0.39 is 0 Å². The van der Waals surface area contributed by atoms with Crippen molar-refractivity contribution < 1.29 is 0 Å². The minimum absolute atomic E-state index is 0.725. The summed E-state index contributed by atoms with van der Waals surface area (Å²) in [4.78, 5) is 12.0. The third-order valence-electron chi connectivity index (χ3n) is 4.57. The molecule has 4 nitrogen and oxygen atoms in total. The first-order valence-electron chi connectivity index (χ1n) is 7.75. The molecule has 0 bridgehead atoms. The molecule has 2 aliphatic rings. The van der Waals surface area contributed by atoms with Crippen molar-refractivity contribution in [3.8, 4) is 0 Å². The summed E-state index contributed by atoms with van der Waals surface area (Å²) < 4.78 is 0. The van der Waals surface area contributed by atoms with Crippen LogP contribution in [0.2, 0.25) is 5.02 Å². The Morgan fingerprint density at radius 3 is 2.61 bits per heavy atom. The van der Waals surface area contributed by atoms with E-state index in [2.05, 4.69) is 45.6 Å². The summed E-state index contributed by atoms with van der Waals surface area (Å²) in [5.74, 6) is 1.07. The molecule has 6 heteroatoms. The van der Waals surface area contributed by atoms with Gasteiger partial charge in [0.2, 0.25) is 0 Å². The van der Waals surface area contributed by atoms with Crippen molar-refractivity contribution in [3.05, 3.63) is 39.5 Å². The number of hydrogen-bond acceptors (Lipinski definition) is 5. The van der Waals surface area contributed by atoms with E-state index in [4.69, 9.17) is 16.6 Å². The maximum absolute atomic E-state index is 6.21. The second kappa shape index (κ2) is 5.82. The van der Waals surface area contributed by atoms with Gasteiger partial charge in [-0.15, -0.1) is 11.3 Å². The lowest BCUT2D eigenvalue weighted by atomic mass is 10.2. The Hall–Kier alpha value is -1.56. The number of anilines is 2. The molecule has 0 aliphatic carbocycles. The number of benzene rings is 1. The molecule has 2 aromatic rings. The highest BCUT2D eigenvalue weighted by atomic mass is 35.5. The lowest BCUT2D eigenvalue weighted by molar-refractivity contribution is 0.216. The fourth-order valence-electron chi connectivity index (χ4n) is 3.15. The zero-order chi connectivity index (χ0) is 16.0. The third kappa shape index (κ3) is 2.63. The normalized spacial score (nSPS) is 18.3. The SMILES string of the molecule is CN1CCN(C2=Nc3cc(Cl)ccc3N(C)c3cscc32)CC1. The van der Waals surface area contributed by atoms with E-state index in [-0.39, 0.29) is 0 Å². The fraction of sp³-hybridized carbons (Fsp3) is 0.353. The van der Waals surface area contributed by atoms with Crippen LogP contribution in [0.1, 0.15) is 5.56 Å². The Bertz CT molecular complexity index is 762. The number of thiophene rings is 1. The summed E-state index contributed by atoms with van der Waals surface area (Å²) >= 11 is 7.94. The number of hydrogen-bond donors (Lipinski definition) is 0. The molecule has 23 heavy (non-hydrogen) atoms. The average molecular weight is 347 g/mol. The van der Waals surface area contributed by atoms with Crippen LogP contribution in [0.4, 0.5) is 17.1 Å². The van der Waals surface area contributed by atoms with Crippen LogP contribution >= 0.6 is 22.9 Å². The van der Waals surface area contributed by atoms with Gasteiger partial charge in [-0.1, -0.05) is 11.6 Å². The molecule has 0 amide bonds. The van der Waals surface area contributed by atoms with E-state index >= 15 is 0 Å². The number of amidine groups is 1. The van der Waals surface area contributed by atoms with E-state index in [9.17, 15) is 0 Å². The first kappa shape index (κ1) is 15.0. The van der Waals surface area contributed by atoms with Crippen molar-refractivity contribution in [1.29, 1.82) is 0 Å². The van der Waals surface area contributed by atoms with Gasteiger partial charge in [-0.05, 0) is 25.2 Å². The molecule has 120 valence electrons. The number of fused-ring (bicyclic) bond motifs is 2. The molecule has 0 unspecified atom stereocenters. The Morgan fingerprint density at radius 1 is 1.04 bits per heavy atom. The summed E-state index contributed by atoms with van der Waals surface area (Å²) in [6.07, 6.45) is 0. The van der Waals surface area contributed by atoms with Crippen molar-refractivity contribution >= 4 is 45.8 Å². The second-order valence-electron chi connectivity index (χ2n) is 6.09. The second-order valence-corrected chi connectivity index (χ2v) is 7.27. The van der Waals surface area contributed by atoms with Gasteiger partial charge in [0.05, 0.1) is 22.6 Å². The van der Waals surface area contributed by atoms with E-state index in [1.165, 1.54) is 11.3 Å². The summed E-state index contributed by atoms with van der Waals surface area (Å²) in [6.45, 7) is 4.14. The lowest BCUT2D eigenvalue weighted by Gasteiger charge is -2.34. The maximum atomic E-state index is 6.21. The molecule has 0 N–H and O–H groups in total. The number of halogens is 1. The van der Waals surface area contributed by atoms with Crippen molar-refractivity contribution in [1.82, 2.24) is 9.80 Å². The van der Waals surface area contributed by atoms with Gasteiger partial charge in [-0.25, -0.2) is 4.99 Å². The first-order valence-corrected chi connectivity index (χ1v) is 9.07. The predicted molar refractivity (Wildman–Crippen MR) is 99.1 cm³/mol. The Kier molecular flexibility index (Phi) is 3.79. The Labute approximate surface area is 145 Å². The number of likely N-dealkylation sites (N-methyl/N-ethyl adjacent to an activating group) is 1. The first-order chi connectivity index (χ1) is 11.1. The van der Waals surface area contributed by atoms with Crippen LogP contribution in [-0.2, 0) is 0 Å². The largest absolute Gasteiger partial charge is 0.353 e. The molecule has 1 aromatic heterocycles. The monoisotopic (exact) mass is 346 g/mol. The minimum atomic E-state index is 0.725. The van der Waals surface area contributed by atoms with Crippen molar-refractivity contribution in [2.24, 2.45) is 4.99 Å². The Morgan fingerprint density at radius 2 is 1.83 bits per heavy atom. The van der Waals surface area contributed by atoms with E-state index in [0.717, 1.165) is 48.4 Å². The summed E-state index contributed by atoms with van der Waals surface area (Å²) in [6, 6.07) is 5.94. The molecular weight excluding hydrogens is 328 g/mol. The number of piperazine rings is 1. The van der Waals surface area contributed by atoms with Crippen molar-refractivity contribution in [2.45, 2.75) is 0 Å². The Balaban J connectivity index is 1.84. The zero-order valence-electron chi connectivity index (χ0n) is 13.3. The molecule has 0 saturated carbocycles. The van der Waals surface area contributed by atoms with Crippen LogP contribution in [0.25, 0.3) is 0 Å². The van der Waals surface area contributed by atoms with Crippen LogP contribution in [0, 0.1) is 0 Å². The molecule has 3 heterocycles. The van der Waals surface area contributed by atoms with Crippen LogP contribution in [0.3, 0.4) is 0 Å².